The van der Waals surface area contributed by atoms with Crippen LogP contribution in [0.5, 0.6) is 0 Å². The third-order valence-electron chi connectivity index (χ3n) is 3.84. The second-order valence-corrected chi connectivity index (χ2v) is 5.27. The van der Waals surface area contributed by atoms with Gasteiger partial charge in [0.2, 0.25) is 0 Å². The van der Waals surface area contributed by atoms with E-state index in [9.17, 15) is 0 Å². The van der Waals surface area contributed by atoms with Gasteiger partial charge in [0, 0.05) is 26.2 Å². The van der Waals surface area contributed by atoms with Crippen LogP contribution in [0.15, 0.2) is 42.6 Å². The fourth-order valence-corrected chi connectivity index (χ4v) is 2.67. The second kappa shape index (κ2) is 6.38. The van der Waals surface area contributed by atoms with Crippen LogP contribution in [0.3, 0.4) is 0 Å². The summed E-state index contributed by atoms with van der Waals surface area (Å²) < 4.78 is 0. The molecule has 4 nitrogen and oxygen atoms in total. The van der Waals surface area contributed by atoms with Crippen molar-refractivity contribution in [3.05, 3.63) is 59.4 Å². The molecule has 0 saturated carbocycles. The molecule has 0 radical (unpaired) electrons. The van der Waals surface area contributed by atoms with Crippen LogP contribution in [0.1, 0.15) is 16.8 Å². The lowest BCUT2D eigenvalue weighted by molar-refractivity contribution is 0.264. The predicted molar refractivity (Wildman–Crippen MR) is 82.9 cm³/mol. The summed E-state index contributed by atoms with van der Waals surface area (Å²) in [6.07, 6.45) is 2.85. The molecule has 2 heterocycles. The molecule has 1 aromatic carbocycles. The van der Waals surface area contributed by atoms with Crippen molar-refractivity contribution >= 4 is 5.69 Å². The maximum atomic E-state index is 8.72. The van der Waals surface area contributed by atoms with Crippen molar-refractivity contribution in [1.29, 1.82) is 5.26 Å². The fourth-order valence-electron chi connectivity index (χ4n) is 2.67. The number of hydrogen-bond acceptors (Lipinski definition) is 4. The summed E-state index contributed by atoms with van der Waals surface area (Å²) >= 11 is 0. The lowest BCUT2D eigenvalue weighted by atomic mass is 10.00. The molecule has 1 N–H and O–H groups in total. The minimum atomic E-state index is 0.452. The van der Waals surface area contributed by atoms with E-state index >= 15 is 0 Å². The molecule has 3 rings (SSSR count). The van der Waals surface area contributed by atoms with Gasteiger partial charge in [-0.2, -0.15) is 5.26 Å². The molecule has 0 atom stereocenters. The normalized spacial score (nSPS) is 14.2. The Morgan fingerprint density at radius 1 is 1.19 bits per heavy atom. The highest BCUT2D eigenvalue weighted by atomic mass is 15.1. The van der Waals surface area contributed by atoms with Gasteiger partial charge in [0.05, 0.1) is 11.9 Å². The molecule has 1 aliphatic heterocycles. The molecule has 0 unspecified atom stereocenters. The number of benzene rings is 1. The molecule has 0 amide bonds. The van der Waals surface area contributed by atoms with Gasteiger partial charge in [0.15, 0.2) is 0 Å². The van der Waals surface area contributed by atoms with Gasteiger partial charge >= 0.3 is 0 Å². The Kier molecular flexibility index (Phi) is 4.13. The van der Waals surface area contributed by atoms with Crippen molar-refractivity contribution in [3.63, 3.8) is 0 Å². The Morgan fingerprint density at radius 2 is 2.05 bits per heavy atom. The molecule has 0 fully saturated rings. The highest BCUT2D eigenvalue weighted by molar-refractivity contribution is 5.42. The van der Waals surface area contributed by atoms with Crippen molar-refractivity contribution in [2.24, 2.45) is 0 Å². The Balaban J connectivity index is 1.49. The van der Waals surface area contributed by atoms with Crippen molar-refractivity contribution in [1.82, 2.24) is 9.88 Å². The van der Waals surface area contributed by atoms with Crippen LogP contribution in [0.4, 0.5) is 5.69 Å². The minimum absolute atomic E-state index is 0.452. The zero-order valence-corrected chi connectivity index (χ0v) is 11.9. The van der Waals surface area contributed by atoms with Crippen molar-refractivity contribution in [2.75, 3.05) is 25.0 Å². The van der Waals surface area contributed by atoms with Gasteiger partial charge in [-0.05, 0) is 29.7 Å². The van der Waals surface area contributed by atoms with Gasteiger partial charge in [-0.1, -0.05) is 24.3 Å². The molecule has 0 aliphatic carbocycles. The van der Waals surface area contributed by atoms with Gasteiger partial charge < -0.3 is 5.32 Å². The zero-order chi connectivity index (χ0) is 14.5. The topological polar surface area (TPSA) is 52.0 Å². The molecular formula is C17H18N4. The highest BCUT2D eigenvalue weighted by Gasteiger charge is 2.14. The molecule has 1 aromatic heterocycles. The number of rotatable bonds is 4. The van der Waals surface area contributed by atoms with Crippen LogP contribution < -0.4 is 5.32 Å². The second-order valence-electron chi connectivity index (χ2n) is 5.27. The predicted octanol–water partition coefficient (Wildman–Crippen LogP) is 2.42. The molecule has 0 bridgehead atoms. The first-order valence-electron chi connectivity index (χ1n) is 7.24. The molecule has 106 valence electrons. The van der Waals surface area contributed by atoms with Crippen molar-refractivity contribution in [2.45, 2.75) is 13.0 Å². The monoisotopic (exact) mass is 278 g/mol. The van der Waals surface area contributed by atoms with E-state index in [4.69, 9.17) is 5.26 Å². The van der Waals surface area contributed by atoms with Crippen LogP contribution in [0, 0.1) is 11.3 Å². The standard InChI is InChI=1S/C17H18N4/c18-11-16-5-6-17(12-20-16)19-8-10-21-9-7-14-3-1-2-4-15(14)13-21/h1-6,12,19H,7-10,13H2. The summed E-state index contributed by atoms with van der Waals surface area (Å²) in [5, 5.41) is 12.1. The van der Waals surface area contributed by atoms with E-state index in [-0.39, 0.29) is 0 Å². The Morgan fingerprint density at radius 3 is 2.81 bits per heavy atom. The van der Waals surface area contributed by atoms with E-state index in [1.807, 2.05) is 12.1 Å². The van der Waals surface area contributed by atoms with E-state index in [1.165, 1.54) is 11.1 Å². The number of anilines is 1. The molecule has 2 aromatic rings. The minimum Gasteiger partial charge on any atom is -0.383 e. The number of fused-ring (bicyclic) bond motifs is 1. The Bertz CT molecular complexity index is 643. The van der Waals surface area contributed by atoms with Gasteiger partial charge in [-0.3, -0.25) is 4.90 Å². The average molecular weight is 278 g/mol. The summed E-state index contributed by atoms with van der Waals surface area (Å²) in [5.41, 5.74) is 4.35. The molecule has 1 aliphatic rings. The first-order valence-corrected chi connectivity index (χ1v) is 7.24. The summed E-state index contributed by atoms with van der Waals surface area (Å²) in [6, 6.07) is 14.3. The SMILES string of the molecule is N#Cc1ccc(NCCN2CCc3ccccc3C2)cn1. The summed E-state index contributed by atoms with van der Waals surface area (Å²) in [6.45, 7) is 4.04. The molecule has 0 spiro atoms. The van der Waals surface area contributed by atoms with Gasteiger partial charge in [0.1, 0.15) is 11.8 Å². The Labute approximate surface area is 125 Å². The van der Waals surface area contributed by atoms with Crippen LogP contribution in [0.25, 0.3) is 0 Å². The summed E-state index contributed by atoms with van der Waals surface area (Å²) in [4.78, 5) is 6.52. The van der Waals surface area contributed by atoms with E-state index in [0.29, 0.717) is 5.69 Å². The lowest BCUT2D eigenvalue weighted by Gasteiger charge is -2.28. The number of nitrogens with zero attached hydrogens (tertiary/aromatic N) is 3. The van der Waals surface area contributed by atoms with Crippen LogP contribution in [-0.4, -0.2) is 29.5 Å². The van der Waals surface area contributed by atoms with Crippen LogP contribution in [-0.2, 0) is 13.0 Å². The average Bonchev–Trinajstić information content (AvgIpc) is 2.55. The highest BCUT2D eigenvalue weighted by Crippen LogP contribution is 2.18. The van der Waals surface area contributed by atoms with Gasteiger partial charge in [-0.15, -0.1) is 0 Å². The van der Waals surface area contributed by atoms with Crippen molar-refractivity contribution < 1.29 is 0 Å². The quantitative estimate of drug-likeness (QED) is 0.933. The van der Waals surface area contributed by atoms with E-state index in [0.717, 1.165) is 38.3 Å². The maximum absolute atomic E-state index is 8.72. The number of nitrogens with one attached hydrogen (secondary N) is 1. The first-order chi connectivity index (χ1) is 10.3. The third-order valence-corrected chi connectivity index (χ3v) is 3.84. The largest absolute Gasteiger partial charge is 0.383 e. The number of aromatic nitrogens is 1. The van der Waals surface area contributed by atoms with E-state index in [1.54, 1.807) is 12.3 Å². The van der Waals surface area contributed by atoms with Gasteiger partial charge in [0.25, 0.3) is 0 Å². The number of nitriles is 1. The smallest absolute Gasteiger partial charge is 0.140 e. The fraction of sp³-hybridized carbons (Fsp3) is 0.294. The maximum Gasteiger partial charge on any atom is 0.140 e. The Hall–Kier alpha value is -2.38. The van der Waals surface area contributed by atoms with Crippen LogP contribution in [0.2, 0.25) is 0 Å². The third kappa shape index (κ3) is 3.39. The van der Waals surface area contributed by atoms with Gasteiger partial charge in [-0.25, -0.2) is 4.98 Å². The van der Waals surface area contributed by atoms with E-state index in [2.05, 4.69) is 39.5 Å². The summed E-state index contributed by atoms with van der Waals surface area (Å²) in [7, 11) is 0. The first kappa shape index (κ1) is 13.6. The number of hydrogen-bond donors (Lipinski definition) is 1. The molecular weight excluding hydrogens is 260 g/mol. The summed E-state index contributed by atoms with van der Waals surface area (Å²) in [5.74, 6) is 0. The molecule has 0 saturated heterocycles. The zero-order valence-electron chi connectivity index (χ0n) is 11.9. The van der Waals surface area contributed by atoms with Crippen LogP contribution >= 0.6 is 0 Å². The number of pyridine rings is 1. The lowest BCUT2D eigenvalue weighted by Crippen LogP contribution is -2.34. The van der Waals surface area contributed by atoms with Crippen molar-refractivity contribution in [3.8, 4) is 6.07 Å². The van der Waals surface area contributed by atoms with E-state index < -0.39 is 0 Å². The molecule has 21 heavy (non-hydrogen) atoms. The molecule has 4 heteroatoms.